The third kappa shape index (κ3) is 6.94. The summed E-state index contributed by atoms with van der Waals surface area (Å²) in [6.45, 7) is 17.6. The van der Waals surface area contributed by atoms with Crippen LogP contribution in [0.1, 0.15) is 86.5 Å². The van der Waals surface area contributed by atoms with Crippen LogP contribution >= 0.6 is 0 Å². The third-order valence-electron chi connectivity index (χ3n) is 8.53. The largest absolute Gasteiger partial charge is 0.390 e. The first kappa shape index (κ1) is 27.4. The van der Waals surface area contributed by atoms with E-state index in [0.29, 0.717) is 25.8 Å². The van der Waals surface area contributed by atoms with Gasteiger partial charge < -0.3 is 20.5 Å². The van der Waals surface area contributed by atoms with Gasteiger partial charge in [0.05, 0.1) is 18.8 Å². The van der Waals surface area contributed by atoms with Gasteiger partial charge in [-0.2, -0.15) is 0 Å². The summed E-state index contributed by atoms with van der Waals surface area (Å²) < 4.78 is 5.39. The van der Waals surface area contributed by atoms with Crippen LogP contribution in [0.5, 0.6) is 0 Å². The maximum atomic E-state index is 12.9. The standard InChI is InChI=1S/C27H49N3O4/c1-24(2,3)19-23(32)29-21-18-25(4,5)20-17-26(6,33)9-10-27(20,21)8-7-22(31)28-11-12-30-13-15-34-16-14-30/h20-21,33H,7-19H2,1-6H3,(H,28,31)(H,29,32)/t20-,21-,26-,27-/m0/s1. The van der Waals surface area contributed by atoms with E-state index in [9.17, 15) is 14.7 Å². The van der Waals surface area contributed by atoms with Crippen molar-refractivity contribution >= 4 is 11.8 Å². The van der Waals surface area contributed by atoms with E-state index in [1.54, 1.807) is 0 Å². The molecule has 7 heteroatoms. The van der Waals surface area contributed by atoms with E-state index in [4.69, 9.17) is 4.74 Å². The predicted octanol–water partition coefficient (Wildman–Crippen LogP) is 3.10. The maximum absolute atomic E-state index is 12.9. The van der Waals surface area contributed by atoms with E-state index in [0.717, 1.165) is 58.5 Å². The zero-order valence-corrected chi connectivity index (χ0v) is 22.5. The SMILES string of the molecule is CC(C)(C)CC(=O)N[C@H]1CC(C)(C)[C@@H]2C[C@@](C)(O)CC[C@]12CCC(=O)NCCN1CCOCC1. The number of hydrogen-bond acceptors (Lipinski definition) is 5. The Bertz CT molecular complexity index is 724. The number of nitrogens with zero attached hydrogens (tertiary/aromatic N) is 1. The van der Waals surface area contributed by atoms with Crippen molar-refractivity contribution in [1.29, 1.82) is 0 Å². The van der Waals surface area contributed by atoms with E-state index in [2.05, 4.69) is 50.2 Å². The van der Waals surface area contributed by atoms with Crippen molar-refractivity contribution in [2.75, 3.05) is 39.4 Å². The first-order valence-corrected chi connectivity index (χ1v) is 13.3. The molecule has 3 N–H and O–H groups in total. The van der Waals surface area contributed by atoms with Gasteiger partial charge in [0.2, 0.25) is 11.8 Å². The Balaban J connectivity index is 1.66. The van der Waals surface area contributed by atoms with Crippen molar-refractivity contribution in [1.82, 2.24) is 15.5 Å². The highest BCUT2D eigenvalue weighted by molar-refractivity contribution is 5.77. The number of fused-ring (bicyclic) bond motifs is 1. The molecule has 1 heterocycles. The average molecular weight is 480 g/mol. The molecule has 3 rings (SSSR count). The van der Waals surface area contributed by atoms with Gasteiger partial charge in [-0.3, -0.25) is 14.5 Å². The smallest absolute Gasteiger partial charge is 0.220 e. The lowest BCUT2D eigenvalue weighted by atomic mass is 9.57. The normalized spacial score (nSPS) is 33.9. The van der Waals surface area contributed by atoms with Crippen molar-refractivity contribution in [3.8, 4) is 0 Å². The number of nitrogens with one attached hydrogen (secondary N) is 2. The summed E-state index contributed by atoms with van der Waals surface area (Å²) in [4.78, 5) is 28.1. The molecule has 2 saturated carbocycles. The van der Waals surface area contributed by atoms with Crippen LogP contribution in [0.15, 0.2) is 0 Å². The van der Waals surface area contributed by atoms with E-state index < -0.39 is 5.60 Å². The second kappa shape index (κ2) is 10.4. The van der Waals surface area contributed by atoms with E-state index in [-0.39, 0.29) is 40.0 Å². The topological polar surface area (TPSA) is 90.9 Å². The first-order valence-electron chi connectivity index (χ1n) is 13.3. The van der Waals surface area contributed by atoms with Gasteiger partial charge in [0, 0.05) is 45.1 Å². The number of carbonyl (C=O) groups is 2. The molecule has 0 aromatic carbocycles. The molecule has 3 aliphatic rings. The Morgan fingerprint density at radius 3 is 2.38 bits per heavy atom. The molecule has 7 nitrogen and oxygen atoms in total. The quantitative estimate of drug-likeness (QED) is 0.498. The molecular weight excluding hydrogens is 430 g/mol. The van der Waals surface area contributed by atoms with E-state index in [1.165, 1.54) is 0 Å². The number of amides is 2. The van der Waals surface area contributed by atoms with Gasteiger partial charge in [-0.25, -0.2) is 0 Å². The van der Waals surface area contributed by atoms with Crippen LogP contribution in [0.2, 0.25) is 0 Å². The monoisotopic (exact) mass is 479 g/mol. The number of hydrogen-bond donors (Lipinski definition) is 3. The van der Waals surface area contributed by atoms with Crippen LogP contribution in [0.4, 0.5) is 0 Å². The van der Waals surface area contributed by atoms with Gasteiger partial charge >= 0.3 is 0 Å². The van der Waals surface area contributed by atoms with Gasteiger partial charge in [0.1, 0.15) is 0 Å². The summed E-state index contributed by atoms with van der Waals surface area (Å²) in [6, 6.07) is 0.0413. The number of ether oxygens (including phenoxy) is 1. The summed E-state index contributed by atoms with van der Waals surface area (Å²) in [5.74, 6) is 0.452. The molecule has 0 bridgehead atoms. The molecule has 0 radical (unpaired) electrons. The lowest BCUT2D eigenvalue weighted by Gasteiger charge is -2.51. The molecule has 196 valence electrons. The number of rotatable bonds is 8. The molecule has 4 atom stereocenters. The second-order valence-corrected chi connectivity index (χ2v) is 13.3. The highest BCUT2D eigenvalue weighted by atomic mass is 16.5. The van der Waals surface area contributed by atoms with Crippen molar-refractivity contribution in [3.63, 3.8) is 0 Å². The van der Waals surface area contributed by atoms with E-state index >= 15 is 0 Å². The van der Waals surface area contributed by atoms with Crippen molar-refractivity contribution in [3.05, 3.63) is 0 Å². The third-order valence-corrected chi connectivity index (χ3v) is 8.53. The second-order valence-electron chi connectivity index (χ2n) is 13.3. The predicted molar refractivity (Wildman–Crippen MR) is 134 cm³/mol. The lowest BCUT2D eigenvalue weighted by molar-refractivity contribution is -0.126. The number of morpholine rings is 1. The molecule has 1 aliphatic heterocycles. The average Bonchev–Trinajstić information content (AvgIpc) is 2.91. The summed E-state index contributed by atoms with van der Waals surface area (Å²) >= 11 is 0. The minimum absolute atomic E-state index is 0.00308. The molecule has 34 heavy (non-hydrogen) atoms. The molecule has 2 aliphatic carbocycles. The molecular formula is C27H49N3O4. The summed E-state index contributed by atoms with van der Waals surface area (Å²) in [7, 11) is 0. The van der Waals surface area contributed by atoms with Crippen LogP contribution in [-0.2, 0) is 14.3 Å². The fraction of sp³-hybridized carbons (Fsp3) is 0.926. The van der Waals surface area contributed by atoms with Crippen molar-refractivity contribution < 1.29 is 19.4 Å². The molecule has 0 aromatic rings. The van der Waals surface area contributed by atoms with Crippen LogP contribution in [0.3, 0.4) is 0 Å². The van der Waals surface area contributed by atoms with Gasteiger partial charge in [-0.15, -0.1) is 0 Å². The Morgan fingerprint density at radius 1 is 1.06 bits per heavy atom. The molecule has 1 saturated heterocycles. The van der Waals surface area contributed by atoms with Gasteiger partial charge in [0.15, 0.2) is 0 Å². The molecule has 0 aromatic heterocycles. The maximum Gasteiger partial charge on any atom is 0.220 e. The Kier molecular flexibility index (Phi) is 8.41. The van der Waals surface area contributed by atoms with E-state index in [1.807, 2.05) is 6.92 Å². The van der Waals surface area contributed by atoms with Crippen LogP contribution in [0, 0.1) is 22.2 Å². The summed E-state index contributed by atoms with van der Waals surface area (Å²) in [5, 5.41) is 17.4. The van der Waals surface area contributed by atoms with Crippen LogP contribution in [0.25, 0.3) is 0 Å². The minimum atomic E-state index is -0.684. The number of carbonyl (C=O) groups excluding carboxylic acids is 2. The van der Waals surface area contributed by atoms with Crippen molar-refractivity contribution in [2.45, 2.75) is 98.1 Å². The minimum Gasteiger partial charge on any atom is -0.390 e. The summed E-state index contributed by atoms with van der Waals surface area (Å²) in [6.07, 6.45) is 4.88. The highest BCUT2D eigenvalue weighted by Gasteiger charge is 2.61. The van der Waals surface area contributed by atoms with Crippen LogP contribution in [-0.4, -0.2) is 72.9 Å². The van der Waals surface area contributed by atoms with Gasteiger partial charge in [-0.05, 0) is 61.2 Å². The van der Waals surface area contributed by atoms with Gasteiger partial charge in [-0.1, -0.05) is 34.6 Å². The van der Waals surface area contributed by atoms with Crippen LogP contribution < -0.4 is 10.6 Å². The highest BCUT2D eigenvalue weighted by Crippen LogP contribution is 2.63. The first-order chi connectivity index (χ1) is 15.7. The molecule has 3 fully saturated rings. The zero-order valence-electron chi connectivity index (χ0n) is 22.5. The lowest BCUT2D eigenvalue weighted by Crippen LogP contribution is -2.53. The fourth-order valence-electron chi connectivity index (χ4n) is 6.77. The molecule has 0 unspecified atom stereocenters. The molecule has 0 spiro atoms. The Hall–Kier alpha value is -1.18. The fourth-order valence-corrected chi connectivity index (χ4v) is 6.77. The Morgan fingerprint density at radius 2 is 1.74 bits per heavy atom. The zero-order chi connectivity index (χ0) is 25.2. The molecule has 2 amide bonds. The number of aliphatic hydroxyl groups is 1. The summed E-state index contributed by atoms with van der Waals surface area (Å²) in [5.41, 5.74) is -0.907. The Labute approximate surface area is 206 Å². The van der Waals surface area contributed by atoms with Crippen molar-refractivity contribution in [2.24, 2.45) is 22.2 Å². The van der Waals surface area contributed by atoms with Gasteiger partial charge in [0.25, 0.3) is 0 Å².